The molecule has 0 spiro atoms. The Morgan fingerprint density at radius 1 is 0.806 bits per heavy atom. The van der Waals surface area contributed by atoms with E-state index < -0.39 is 11.4 Å². The van der Waals surface area contributed by atoms with Crippen molar-refractivity contribution in [3.8, 4) is 0 Å². The molecule has 1 heterocycles. The van der Waals surface area contributed by atoms with Gasteiger partial charge in [-0.1, -0.05) is 22.0 Å². The first kappa shape index (κ1) is 22.6. The van der Waals surface area contributed by atoms with Gasteiger partial charge in [-0.05, 0) is 141 Å². The number of carbonyl (C=O) groups is 2. The zero-order valence-corrected chi connectivity index (χ0v) is 22.8. The Labute approximate surface area is 222 Å². The van der Waals surface area contributed by atoms with E-state index in [1.807, 2.05) is 0 Å². The molecule has 1 aromatic rings. The van der Waals surface area contributed by atoms with Crippen LogP contribution in [0.25, 0.3) is 0 Å². The van der Waals surface area contributed by atoms with E-state index in [1.165, 1.54) is 49.7 Å². The summed E-state index contributed by atoms with van der Waals surface area (Å²) in [5, 5.41) is 10.4. The molecule has 0 radical (unpaired) electrons. The minimum Gasteiger partial charge on any atom is -0.481 e. The lowest BCUT2D eigenvalue weighted by molar-refractivity contribution is -0.240. The Morgan fingerprint density at radius 3 is 1.94 bits per heavy atom. The number of hydrogen-bond acceptors (Lipinski definition) is 2. The summed E-state index contributed by atoms with van der Waals surface area (Å²) < 4.78 is 1.12. The second-order valence-corrected chi connectivity index (χ2v) is 15.7. The largest absolute Gasteiger partial charge is 0.481 e. The summed E-state index contributed by atoms with van der Waals surface area (Å²) in [5.74, 6) is 2.44. The quantitative estimate of drug-likeness (QED) is 0.460. The molecule has 36 heavy (non-hydrogen) atoms. The summed E-state index contributed by atoms with van der Waals surface area (Å²) in [4.78, 5) is 29.4. The highest BCUT2D eigenvalue weighted by atomic mass is 79.9. The second-order valence-electron chi connectivity index (χ2n) is 14.7. The third-order valence-electron chi connectivity index (χ3n) is 12.6. The van der Waals surface area contributed by atoms with Crippen LogP contribution in [0.4, 0.5) is 0 Å². The third kappa shape index (κ3) is 2.93. The van der Waals surface area contributed by atoms with Gasteiger partial charge < -0.3 is 10.0 Å². The maximum absolute atomic E-state index is 14.5. The van der Waals surface area contributed by atoms with Crippen LogP contribution in [0.1, 0.15) is 88.2 Å². The van der Waals surface area contributed by atoms with E-state index in [4.69, 9.17) is 0 Å². The molecule has 1 aliphatic heterocycles. The van der Waals surface area contributed by atoms with E-state index in [-0.39, 0.29) is 16.2 Å². The minimum atomic E-state index is -0.518. The summed E-state index contributed by atoms with van der Waals surface area (Å²) in [7, 11) is 0. The van der Waals surface area contributed by atoms with E-state index in [0.29, 0.717) is 29.6 Å². The molecule has 1 amide bonds. The molecule has 1 aromatic carbocycles. The predicted octanol–water partition coefficient (Wildman–Crippen LogP) is 6.59. The van der Waals surface area contributed by atoms with Crippen molar-refractivity contribution >= 4 is 27.8 Å². The summed E-state index contributed by atoms with van der Waals surface area (Å²) in [6, 6.07) is 6.53. The maximum atomic E-state index is 14.5. The monoisotopic (exact) mass is 551 g/mol. The van der Waals surface area contributed by atoms with Crippen molar-refractivity contribution in [2.75, 3.05) is 6.54 Å². The maximum Gasteiger partial charge on any atom is 0.309 e. The molecule has 5 heteroatoms. The smallest absolute Gasteiger partial charge is 0.309 e. The van der Waals surface area contributed by atoms with Gasteiger partial charge in [0.15, 0.2) is 0 Å². The molecule has 10 rings (SSSR count). The number of hydrogen-bond donors (Lipinski definition) is 1. The molecule has 4 nitrogen and oxygen atoms in total. The molecule has 0 saturated heterocycles. The minimum absolute atomic E-state index is 0.166. The molecule has 8 bridgehead atoms. The summed E-state index contributed by atoms with van der Waals surface area (Å²) in [5.41, 5.74) is 2.37. The highest BCUT2D eigenvalue weighted by Crippen LogP contribution is 2.78. The third-order valence-corrected chi connectivity index (χ3v) is 13.1. The fourth-order valence-electron chi connectivity index (χ4n) is 12.3. The fourth-order valence-corrected chi connectivity index (χ4v) is 12.7. The van der Waals surface area contributed by atoms with Crippen molar-refractivity contribution < 1.29 is 14.7 Å². The number of carboxylic acids is 1. The zero-order chi connectivity index (χ0) is 24.5. The number of rotatable bonds is 3. The van der Waals surface area contributed by atoms with Gasteiger partial charge in [-0.3, -0.25) is 9.59 Å². The number of benzene rings is 1. The lowest BCUT2D eigenvalue weighted by Crippen LogP contribution is -2.67. The van der Waals surface area contributed by atoms with Crippen LogP contribution in [0.3, 0.4) is 0 Å². The molecular weight excluding hydrogens is 514 g/mol. The molecule has 192 valence electrons. The number of aliphatic carboxylic acids is 1. The van der Waals surface area contributed by atoms with Crippen LogP contribution < -0.4 is 0 Å². The van der Waals surface area contributed by atoms with Crippen molar-refractivity contribution in [3.05, 3.63) is 33.8 Å². The summed E-state index contributed by atoms with van der Waals surface area (Å²) in [6.07, 6.45) is 14.5. The average Bonchev–Trinajstić information content (AvgIpc) is 2.81. The number of carbonyl (C=O) groups excluding carboxylic acids is 1. The van der Waals surface area contributed by atoms with Crippen LogP contribution in [0.15, 0.2) is 22.7 Å². The predicted molar refractivity (Wildman–Crippen MR) is 140 cm³/mol. The van der Waals surface area contributed by atoms with Crippen molar-refractivity contribution in [2.45, 2.75) is 90.0 Å². The van der Waals surface area contributed by atoms with Gasteiger partial charge in [-0.15, -0.1) is 0 Å². The highest BCUT2D eigenvalue weighted by Gasteiger charge is 2.72. The van der Waals surface area contributed by atoms with E-state index in [0.717, 1.165) is 62.5 Å². The van der Waals surface area contributed by atoms with Crippen LogP contribution in [0.2, 0.25) is 0 Å². The van der Waals surface area contributed by atoms with Gasteiger partial charge >= 0.3 is 5.97 Å². The zero-order valence-electron chi connectivity index (χ0n) is 21.2. The van der Waals surface area contributed by atoms with Gasteiger partial charge in [0.1, 0.15) is 0 Å². The first-order chi connectivity index (χ1) is 17.2. The van der Waals surface area contributed by atoms with Crippen molar-refractivity contribution in [2.24, 2.45) is 45.3 Å². The lowest BCUT2D eigenvalue weighted by Gasteiger charge is -2.73. The Balaban J connectivity index is 1.14. The number of fused-ring (bicyclic) bond motifs is 1. The van der Waals surface area contributed by atoms with Crippen LogP contribution in [-0.2, 0) is 22.6 Å². The molecule has 4 atom stereocenters. The first-order valence-corrected chi connectivity index (χ1v) is 15.3. The van der Waals surface area contributed by atoms with Crippen molar-refractivity contribution in [1.29, 1.82) is 0 Å². The number of amides is 1. The molecule has 1 N–H and O–H groups in total. The second kappa shape index (κ2) is 7.18. The normalized spacial score (nSPS) is 47.8. The SMILES string of the molecule is O=C(O)C12CC3CC(C1)CC(C14CC5CC(CC(C(=O)N6CCc7cc(Br)ccc7C6)(C5)C1)C4)(C3)C2. The molecule has 8 fully saturated rings. The lowest BCUT2D eigenvalue weighted by atomic mass is 9.31. The first-order valence-electron chi connectivity index (χ1n) is 14.5. The van der Waals surface area contributed by atoms with Crippen LogP contribution in [0.5, 0.6) is 0 Å². The van der Waals surface area contributed by atoms with E-state index in [1.54, 1.807) is 0 Å². The molecule has 0 aromatic heterocycles. The molecule has 8 saturated carbocycles. The van der Waals surface area contributed by atoms with Gasteiger partial charge in [0.2, 0.25) is 5.91 Å². The number of nitrogens with zero attached hydrogens (tertiary/aromatic N) is 1. The average molecular weight is 553 g/mol. The molecular formula is C31H38BrNO3. The van der Waals surface area contributed by atoms with E-state index in [9.17, 15) is 14.7 Å². The Kier molecular flexibility index (Phi) is 4.51. The molecule has 4 unspecified atom stereocenters. The number of carboxylic acid groups (broad SMARTS) is 1. The van der Waals surface area contributed by atoms with Gasteiger partial charge in [0.25, 0.3) is 0 Å². The Bertz CT molecular complexity index is 1150. The standard InChI is InChI=1S/C31H38BrNO3/c32-25-2-1-24-16-33(4-3-23(24)7-25)26(34)28-8-19-5-20(9-28)13-30(12-19,17-28)31-14-21-6-22(15-31)11-29(10-21,18-31)27(35)36/h1-2,7,19-22H,3-6,8-18H2,(H,35,36). The van der Waals surface area contributed by atoms with Crippen LogP contribution >= 0.6 is 15.9 Å². The van der Waals surface area contributed by atoms with Crippen molar-refractivity contribution in [3.63, 3.8) is 0 Å². The van der Waals surface area contributed by atoms with Gasteiger partial charge in [0, 0.05) is 17.6 Å². The molecule has 9 aliphatic rings. The molecule has 8 aliphatic carbocycles. The number of halogens is 1. The fraction of sp³-hybridized carbons (Fsp3) is 0.742. The Hall–Kier alpha value is -1.36. The van der Waals surface area contributed by atoms with E-state index in [2.05, 4.69) is 39.0 Å². The van der Waals surface area contributed by atoms with E-state index >= 15 is 0 Å². The van der Waals surface area contributed by atoms with Crippen LogP contribution in [-0.4, -0.2) is 28.4 Å². The van der Waals surface area contributed by atoms with Crippen molar-refractivity contribution in [1.82, 2.24) is 4.90 Å². The topological polar surface area (TPSA) is 57.6 Å². The van der Waals surface area contributed by atoms with Crippen LogP contribution in [0, 0.1) is 45.3 Å². The Morgan fingerprint density at radius 2 is 1.36 bits per heavy atom. The van der Waals surface area contributed by atoms with Gasteiger partial charge in [-0.2, -0.15) is 0 Å². The summed E-state index contributed by atoms with van der Waals surface area (Å²) in [6.45, 7) is 1.59. The van der Waals surface area contributed by atoms with Gasteiger partial charge in [-0.25, -0.2) is 0 Å². The van der Waals surface area contributed by atoms with Gasteiger partial charge in [0.05, 0.1) is 10.8 Å². The highest BCUT2D eigenvalue weighted by molar-refractivity contribution is 9.10. The summed E-state index contributed by atoms with van der Waals surface area (Å²) >= 11 is 3.61.